The van der Waals surface area contributed by atoms with Gasteiger partial charge in [-0.2, -0.15) is 0 Å². The second-order valence-electron chi connectivity index (χ2n) is 5.32. The highest BCUT2D eigenvalue weighted by atomic mass is 16.6. The molecule has 0 aromatic heterocycles. The minimum atomic E-state index is -2.84. The van der Waals surface area contributed by atoms with Gasteiger partial charge < -0.3 is 30.3 Å². The van der Waals surface area contributed by atoms with Crippen molar-refractivity contribution >= 4 is 11.8 Å². The highest BCUT2D eigenvalue weighted by Crippen LogP contribution is 2.26. The van der Waals surface area contributed by atoms with Crippen LogP contribution in [0.4, 0.5) is 0 Å². The van der Waals surface area contributed by atoms with Gasteiger partial charge >= 0.3 is 5.97 Å². The van der Waals surface area contributed by atoms with Crippen LogP contribution in [-0.4, -0.2) is 43.4 Å². The van der Waals surface area contributed by atoms with Gasteiger partial charge in [-0.1, -0.05) is 30.3 Å². The monoisotopic (exact) mass is 360 g/mol. The summed E-state index contributed by atoms with van der Waals surface area (Å²) in [6.07, 6.45) is -0.528. The van der Waals surface area contributed by atoms with Crippen LogP contribution in [0.15, 0.2) is 60.9 Å². The number of carboxylic acids is 1. The Labute approximate surface area is 147 Å². The molecule has 2 aromatic rings. The van der Waals surface area contributed by atoms with Gasteiger partial charge in [-0.3, -0.25) is 4.79 Å². The number of rotatable bonds is 7. The lowest BCUT2D eigenvalue weighted by atomic mass is 10.0. The molecule has 0 radical (unpaired) electrons. The van der Waals surface area contributed by atoms with Crippen molar-refractivity contribution in [2.24, 2.45) is 0 Å². The lowest BCUT2D eigenvalue weighted by molar-refractivity contribution is -0.238. The summed E-state index contributed by atoms with van der Waals surface area (Å²) in [4.78, 5) is 23.3. The summed E-state index contributed by atoms with van der Waals surface area (Å²) in [6.45, 7) is 0. The first-order chi connectivity index (χ1) is 12.2. The van der Waals surface area contributed by atoms with E-state index >= 15 is 0 Å². The van der Waals surface area contributed by atoms with Crippen molar-refractivity contribution in [3.8, 4) is 11.5 Å². The summed E-state index contributed by atoms with van der Waals surface area (Å²) in [5, 5.41) is 48.0. The summed E-state index contributed by atoms with van der Waals surface area (Å²) >= 11 is 0. The summed E-state index contributed by atoms with van der Waals surface area (Å²) in [5.74, 6) is -6.05. The molecule has 0 saturated carbocycles. The molecule has 5 N–H and O–H groups in total. The second-order valence-corrected chi connectivity index (χ2v) is 5.32. The van der Waals surface area contributed by atoms with E-state index in [2.05, 4.69) is 0 Å². The van der Waals surface area contributed by atoms with Gasteiger partial charge in [0.15, 0.2) is 17.3 Å². The number of hydrogen-bond acceptors (Lipinski definition) is 7. The average Bonchev–Trinajstić information content (AvgIpc) is 2.61. The van der Waals surface area contributed by atoms with Crippen molar-refractivity contribution in [3.63, 3.8) is 0 Å². The smallest absolute Gasteiger partial charge is 0.351 e. The number of phenols is 2. The van der Waals surface area contributed by atoms with Gasteiger partial charge in [-0.05, 0) is 18.2 Å². The average molecular weight is 360 g/mol. The van der Waals surface area contributed by atoms with Crippen LogP contribution in [0.2, 0.25) is 0 Å². The maximum atomic E-state index is 11.9. The molecule has 8 nitrogen and oxygen atoms in total. The Hall–Kier alpha value is -3.36. The van der Waals surface area contributed by atoms with E-state index in [4.69, 9.17) is 4.74 Å². The Morgan fingerprint density at radius 3 is 2.23 bits per heavy atom. The number of aromatic hydroxyl groups is 2. The van der Waals surface area contributed by atoms with E-state index in [0.29, 0.717) is 0 Å². The minimum absolute atomic E-state index is 0.00865. The molecule has 0 spiro atoms. The minimum Gasteiger partial charge on any atom is -0.504 e. The number of aliphatic carboxylic acids is 1. The van der Waals surface area contributed by atoms with Crippen LogP contribution in [0.25, 0.3) is 0 Å². The molecular formula is C18H16O8. The number of ether oxygens (including phenoxy) is 1. The largest absolute Gasteiger partial charge is 0.504 e. The van der Waals surface area contributed by atoms with Gasteiger partial charge in [0, 0.05) is 17.2 Å². The van der Waals surface area contributed by atoms with Crippen LogP contribution in [0.3, 0.4) is 0 Å². The molecule has 1 unspecified atom stereocenters. The normalized spacial score (nSPS) is 12.7. The van der Waals surface area contributed by atoms with Crippen molar-refractivity contribution in [1.29, 1.82) is 0 Å². The van der Waals surface area contributed by atoms with E-state index in [1.807, 2.05) is 0 Å². The summed E-state index contributed by atoms with van der Waals surface area (Å²) in [7, 11) is 0. The van der Waals surface area contributed by atoms with Crippen LogP contribution in [0, 0.1) is 0 Å². The first-order valence-corrected chi connectivity index (χ1v) is 7.35. The Morgan fingerprint density at radius 2 is 1.65 bits per heavy atom. The zero-order valence-corrected chi connectivity index (χ0v) is 13.3. The molecule has 0 amide bonds. The van der Waals surface area contributed by atoms with E-state index in [9.17, 15) is 35.1 Å². The van der Waals surface area contributed by atoms with E-state index in [1.54, 1.807) is 6.07 Å². The van der Waals surface area contributed by atoms with Crippen molar-refractivity contribution in [1.82, 2.24) is 0 Å². The zero-order valence-electron chi connectivity index (χ0n) is 13.3. The summed E-state index contributed by atoms with van der Waals surface area (Å²) in [6, 6.07) is 10.6. The Morgan fingerprint density at radius 1 is 1.00 bits per heavy atom. The third-order valence-corrected chi connectivity index (χ3v) is 3.48. The fourth-order valence-electron chi connectivity index (χ4n) is 2.11. The molecule has 2 aromatic carbocycles. The van der Waals surface area contributed by atoms with Crippen molar-refractivity contribution in [2.75, 3.05) is 0 Å². The Bertz CT molecular complexity index is 826. The maximum absolute atomic E-state index is 11.9. The van der Waals surface area contributed by atoms with Gasteiger partial charge in [-0.15, -0.1) is 0 Å². The predicted molar refractivity (Wildman–Crippen MR) is 88.3 cm³/mol. The Kier molecular flexibility index (Phi) is 5.61. The first kappa shape index (κ1) is 19.0. The van der Waals surface area contributed by atoms with E-state index in [0.717, 1.165) is 24.5 Å². The SMILES string of the molecule is O=C(C=COC(C(=O)O)C(O)(O)c1ccccc1)c1ccc(O)c(O)c1. The van der Waals surface area contributed by atoms with Crippen molar-refractivity contribution < 1.29 is 39.9 Å². The molecule has 0 aliphatic rings. The number of carbonyl (C=O) groups excluding carboxylic acids is 1. The third kappa shape index (κ3) is 4.18. The number of hydrogen-bond donors (Lipinski definition) is 5. The van der Waals surface area contributed by atoms with Crippen molar-refractivity contribution in [2.45, 2.75) is 11.9 Å². The van der Waals surface area contributed by atoms with Crippen LogP contribution in [0.5, 0.6) is 11.5 Å². The van der Waals surface area contributed by atoms with Crippen LogP contribution in [-0.2, 0) is 15.3 Å². The molecule has 0 aliphatic heterocycles. The van der Waals surface area contributed by atoms with Gasteiger partial charge in [0.05, 0.1) is 6.26 Å². The zero-order chi connectivity index (χ0) is 19.3. The van der Waals surface area contributed by atoms with Crippen LogP contribution >= 0.6 is 0 Å². The molecule has 0 bridgehead atoms. The number of ketones is 1. The molecule has 136 valence electrons. The van der Waals surface area contributed by atoms with E-state index in [-0.39, 0.29) is 11.1 Å². The van der Waals surface area contributed by atoms with Crippen molar-refractivity contribution in [3.05, 3.63) is 72.0 Å². The molecular weight excluding hydrogens is 344 g/mol. The quantitative estimate of drug-likeness (QED) is 0.162. The molecule has 0 heterocycles. The number of phenolic OH excluding ortho intramolecular Hbond substituents is 2. The number of carboxylic acid groups (broad SMARTS) is 1. The standard InChI is InChI=1S/C18H16O8/c19-13(11-6-7-14(20)15(21)10-11)8-9-26-16(17(22)23)18(24,25)12-4-2-1-3-5-12/h1-10,16,20-21,24-25H,(H,22,23). The van der Waals surface area contributed by atoms with E-state index < -0.39 is 35.1 Å². The predicted octanol–water partition coefficient (Wildman–Crippen LogP) is 1.10. The van der Waals surface area contributed by atoms with Crippen LogP contribution < -0.4 is 0 Å². The molecule has 0 saturated heterocycles. The number of aliphatic hydroxyl groups is 2. The van der Waals surface area contributed by atoms with Gasteiger partial charge in [0.1, 0.15) is 0 Å². The number of carbonyl (C=O) groups is 2. The fourth-order valence-corrected chi connectivity index (χ4v) is 2.11. The number of allylic oxidation sites excluding steroid dienone is 1. The summed E-state index contributed by atoms with van der Waals surface area (Å²) in [5.41, 5.74) is -0.0927. The topological polar surface area (TPSA) is 145 Å². The fraction of sp³-hybridized carbons (Fsp3) is 0.111. The highest BCUT2D eigenvalue weighted by Gasteiger charge is 2.43. The molecule has 1 atom stereocenters. The van der Waals surface area contributed by atoms with Gasteiger partial charge in [0.2, 0.25) is 5.79 Å². The molecule has 0 aliphatic carbocycles. The molecule has 8 heteroatoms. The highest BCUT2D eigenvalue weighted by molar-refractivity contribution is 6.04. The van der Waals surface area contributed by atoms with E-state index in [1.165, 1.54) is 30.3 Å². The summed E-state index contributed by atoms with van der Waals surface area (Å²) < 4.78 is 4.86. The lowest BCUT2D eigenvalue weighted by Gasteiger charge is -2.27. The molecule has 2 rings (SSSR count). The molecule has 26 heavy (non-hydrogen) atoms. The van der Waals surface area contributed by atoms with Gasteiger partial charge in [-0.25, -0.2) is 4.79 Å². The Balaban J connectivity index is 2.15. The second kappa shape index (κ2) is 7.68. The van der Waals surface area contributed by atoms with Gasteiger partial charge in [0.25, 0.3) is 6.10 Å². The maximum Gasteiger partial charge on any atom is 0.351 e. The lowest BCUT2D eigenvalue weighted by Crippen LogP contribution is -2.45. The van der Waals surface area contributed by atoms with Crippen LogP contribution in [0.1, 0.15) is 15.9 Å². The molecule has 0 fully saturated rings. The number of benzene rings is 2. The first-order valence-electron chi connectivity index (χ1n) is 7.35. The third-order valence-electron chi connectivity index (χ3n) is 3.48.